The zero-order valence-electron chi connectivity index (χ0n) is 10.7. The monoisotopic (exact) mass is 282 g/mol. The van der Waals surface area contributed by atoms with Gasteiger partial charge in [-0.1, -0.05) is 66.9 Å². The first-order chi connectivity index (χ1) is 7.72. The van der Waals surface area contributed by atoms with Crippen molar-refractivity contribution < 1.29 is 0 Å². The second-order valence-electron chi connectivity index (χ2n) is 4.62. The van der Waals surface area contributed by atoms with Gasteiger partial charge in [0.05, 0.1) is 0 Å². The first-order valence-electron chi connectivity index (χ1n) is 6.33. The molecular formula is C15H23Br. The molecule has 0 fully saturated rings. The fraction of sp³-hybridized carbons (Fsp3) is 0.600. The molecule has 1 unspecified atom stereocenters. The van der Waals surface area contributed by atoms with Crippen LogP contribution in [0.3, 0.4) is 0 Å². The summed E-state index contributed by atoms with van der Waals surface area (Å²) >= 11 is 3.68. The van der Waals surface area contributed by atoms with Gasteiger partial charge in [0.1, 0.15) is 0 Å². The highest BCUT2D eigenvalue weighted by molar-refractivity contribution is 9.09. The molecule has 1 heteroatoms. The Morgan fingerprint density at radius 3 is 2.19 bits per heavy atom. The van der Waals surface area contributed by atoms with Crippen LogP contribution in [0.25, 0.3) is 0 Å². The van der Waals surface area contributed by atoms with Gasteiger partial charge >= 0.3 is 0 Å². The molecule has 1 aromatic carbocycles. The van der Waals surface area contributed by atoms with Crippen molar-refractivity contribution >= 4 is 15.9 Å². The van der Waals surface area contributed by atoms with Crippen LogP contribution in [-0.2, 0) is 6.42 Å². The fourth-order valence-electron chi connectivity index (χ4n) is 2.42. The molecule has 0 amide bonds. The second-order valence-corrected chi connectivity index (χ2v) is 5.27. The molecule has 0 nitrogen and oxygen atoms in total. The molecule has 0 aromatic heterocycles. The van der Waals surface area contributed by atoms with E-state index >= 15 is 0 Å². The first kappa shape index (κ1) is 13.8. The van der Waals surface area contributed by atoms with E-state index in [0.717, 1.165) is 17.2 Å². The molecule has 0 aliphatic rings. The van der Waals surface area contributed by atoms with Crippen LogP contribution in [0.2, 0.25) is 0 Å². The maximum Gasteiger partial charge on any atom is 0.00654 e. The van der Waals surface area contributed by atoms with Crippen LogP contribution in [0.4, 0.5) is 0 Å². The molecule has 0 saturated carbocycles. The summed E-state index contributed by atoms with van der Waals surface area (Å²) in [6, 6.07) is 8.76. The Hall–Kier alpha value is -0.300. The molecule has 0 spiro atoms. The minimum Gasteiger partial charge on any atom is -0.0925 e. The van der Waals surface area contributed by atoms with E-state index in [1.54, 1.807) is 0 Å². The van der Waals surface area contributed by atoms with Gasteiger partial charge in [-0.05, 0) is 36.3 Å². The second kappa shape index (κ2) is 7.11. The highest BCUT2D eigenvalue weighted by Gasteiger charge is 2.18. The summed E-state index contributed by atoms with van der Waals surface area (Å²) < 4.78 is 0. The normalized spacial score (nSPS) is 13.1. The highest BCUT2D eigenvalue weighted by Crippen LogP contribution is 2.26. The Morgan fingerprint density at radius 2 is 1.69 bits per heavy atom. The molecule has 0 aliphatic carbocycles. The molecule has 0 saturated heterocycles. The molecule has 16 heavy (non-hydrogen) atoms. The molecule has 1 aromatic rings. The van der Waals surface area contributed by atoms with Crippen molar-refractivity contribution in [3.8, 4) is 0 Å². The van der Waals surface area contributed by atoms with Crippen molar-refractivity contribution in [3.05, 3.63) is 35.4 Å². The summed E-state index contributed by atoms with van der Waals surface area (Å²) in [6.07, 6.45) is 3.79. The lowest BCUT2D eigenvalue weighted by molar-refractivity contribution is 0.342. The van der Waals surface area contributed by atoms with Crippen molar-refractivity contribution in [1.82, 2.24) is 0 Å². The average molecular weight is 283 g/mol. The number of hydrogen-bond donors (Lipinski definition) is 0. The lowest BCUT2D eigenvalue weighted by Crippen LogP contribution is -2.18. The Bertz CT molecular complexity index is 302. The van der Waals surface area contributed by atoms with Crippen LogP contribution in [0.1, 0.15) is 37.8 Å². The van der Waals surface area contributed by atoms with Gasteiger partial charge in [-0.25, -0.2) is 0 Å². The summed E-state index contributed by atoms with van der Waals surface area (Å²) in [7, 11) is 0. The van der Waals surface area contributed by atoms with Crippen LogP contribution < -0.4 is 0 Å². The van der Waals surface area contributed by atoms with Gasteiger partial charge < -0.3 is 0 Å². The smallest absolute Gasteiger partial charge is 0.00654 e. The molecule has 1 atom stereocenters. The topological polar surface area (TPSA) is 0 Å². The predicted molar refractivity (Wildman–Crippen MR) is 76.2 cm³/mol. The minimum atomic E-state index is 0.774. The van der Waals surface area contributed by atoms with Gasteiger partial charge in [-0.3, -0.25) is 0 Å². The van der Waals surface area contributed by atoms with E-state index in [1.807, 2.05) is 0 Å². The highest BCUT2D eigenvalue weighted by atomic mass is 79.9. The number of rotatable bonds is 6. The summed E-state index contributed by atoms with van der Waals surface area (Å²) in [6.45, 7) is 6.83. The van der Waals surface area contributed by atoms with Crippen molar-refractivity contribution in [1.29, 1.82) is 0 Å². The van der Waals surface area contributed by atoms with Crippen LogP contribution >= 0.6 is 15.9 Å². The van der Waals surface area contributed by atoms with Gasteiger partial charge in [0.15, 0.2) is 0 Å². The third-order valence-electron chi connectivity index (χ3n) is 3.66. The molecule has 90 valence electrons. The number of alkyl halides is 1. The molecule has 0 aliphatic heterocycles. The number of benzene rings is 1. The van der Waals surface area contributed by atoms with Crippen molar-refractivity contribution in [2.45, 2.75) is 40.0 Å². The van der Waals surface area contributed by atoms with E-state index < -0.39 is 0 Å². The van der Waals surface area contributed by atoms with Gasteiger partial charge in [-0.15, -0.1) is 0 Å². The Labute approximate surface area is 109 Å². The Morgan fingerprint density at radius 1 is 1.06 bits per heavy atom. The fourth-order valence-corrected chi connectivity index (χ4v) is 3.18. The van der Waals surface area contributed by atoms with Gasteiger partial charge in [-0.2, -0.15) is 0 Å². The van der Waals surface area contributed by atoms with Crippen LogP contribution in [0.15, 0.2) is 24.3 Å². The summed E-state index contributed by atoms with van der Waals surface area (Å²) in [5.41, 5.74) is 2.94. The Balaban J connectivity index is 2.73. The maximum absolute atomic E-state index is 3.68. The summed E-state index contributed by atoms with van der Waals surface area (Å²) in [5, 5.41) is 1.12. The summed E-state index contributed by atoms with van der Waals surface area (Å²) in [4.78, 5) is 0. The molecule has 0 heterocycles. The zero-order valence-corrected chi connectivity index (χ0v) is 12.3. The standard InChI is InChI=1S/C15H23Br/c1-4-13(5-2)15(11-16)10-14-9-7-6-8-12(14)3/h6-9,13,15H,4-5,10-11H2,1-3H3. The van der Waals surface area contributed by atoms with E-state index in [2.05, 4.69) is 61.0 Å². The molecule has 0 radical (unpaired) electrons. The number of halogens is 1. The van der Waals surface area contributed by atoms with E-state index in [4.69, 9.17) is 0 Å². The molecular weight excluding hydrogens is 260 g/mol. The lowest BCUT2D eigenvalue weighted by Gasteiger charge is -2.24. The third-order valence-corrected chi connectivity index (χ3v) is 4.49. The average Bonchev–Trinajstić information content (AvgIpc) is 2.31. The predicted octanol–water partition coefficient (Wildman–Crippen LogP) is 4.98. The van der Waals surface area contributed by atoms with Crippen LogP contribution in [-0.4, -0.2) is 5.33 Å². The first-order valence-corrected chi connectivity index (χ1v) is 7.45. The molecule has 0 N–H and O–H groups in total. The van der Waals surface area contributed by atoms with Crippen molar-refractivity contribution in [3.63, 3.8) is 0 Å². The summed E-state index contributed by atoms with van der Waals surface area (Å²) in [5.74, 6) is 1.62. The van der Waals surface area contributed by atoms with Crippen LogP contribution in [0.5, 0.6) is 0 Å². The maximum atomic E-state index is 3.68. The van der Waals surface area contributed by atoms with E-state index in [9.17, 15) is 0 Å². The minimum absolute atomic E-state index is 0.774. The number of aryl methyl sites for hydroxylation is 1. The largest absolute Gasteiger partial charge is 0.0925 e. The van der Waals surface area contributed by atoms with E-state index in [0.29, 0.717) is 0 Å². The van der Waals surface area contributed by atoms with E-state index in [1.165, 1.54) is 30.4 Å². The lowest BCUT2D eigenvalue weighted by atomic mass is 9.84. The van der Waals surface area contributed by atoms with Crippen molar-refractivity contribution in [2.75, 3.05) is 5.33 Å². The van der Waals surface area contributed by atoms with Gasteiger partial charge in [0.25, 0.3) is 0 Å². The molecule has 0 bridgehead atoms. The van der Waals surface area contributed by atoms with E-state index in [-0.39, 0.29) is 0 Å². The molecule has 1 rings (SSSR count). The number of hydrogen-bond acceptors (Lipinski definition) is 0. The van der Waals surface area contributed by atoms with Crippen molar-refractivity contribution in [2.24, 2.45) is 11.8 Å². The van der Waals surface area contributed by atoms with Gasteiger partial charge in [0.2, 0.25) is 0 Å². The zero-order chi connectivity index (χ0) is 12.0. The van der Waals surface area contributed by atoms with Crippen LogP contribution in [0, 0.1) is 18.8 Å². The quantitative estimate of drug-likeness (QED) is 0.645. The Kier molecular flexibility index (Phi) is 6.12. The SMILES string of the molecule is CCC(CC)C(CBr)Cc1ccccc1C. The third kappa shape index (κ3) is 3.62. The van der Waals surface area contributed by atoms with Gasteiger partial charge in [0, 0.05) is 5.33 Å².